The molecule has 0 heterocycles. The molecule has 0 saturated heterocycles. The van der Waals surface area contributed by atoms with Gasteiger partial charge in [0, 0.05) is 18.6 Å². The van der Waals surface area contributed by atoms with Crippen molar-refractivity contribution in [1.29, 1.82) is 0 Å². The summed E-state index contributed by atoms with van der Waals surface area (Å²) in [6.45, 7) is 11.8. The summed E-state index contributed by atoms with van der Waals surface area (Å²) in [5.74, 6) is 1.67. The van der Waals surface area contributed by atoms with Crippen LogP contribution in [-0.4, -0.2) is 37.1 Å². The average Bonchev–Trinajstić information content (AvgIpc) is 2.25. The lowest BCUT2D eigenvalue weighted by Crippen LogP contribution is -2.54. The van der Waals surface area contributed by atoms with Crippen molar-refractivity contribution < 1.29 is 0 Å². The normalized spacial score (nSPS) is 24.7. The lowest BCUT2D eigenvalue weighted by Gasteiger charge is -2.48. The zero-order valence-corrected chi connectivity index (χ0v) is 12.5. The minimum Gasteiger partial charge on any atom is -0.319 e. The van der Waals surface area contributed by atoms with Crippen LogP contribution < -0.4 is 5.32 Å². The van der Waals surface area contributed by atoms with E-state index >= 15 is 0 Å². The zero-order chi connectivity index (χ0) is 12.8. The fourth-order valence-corrected chi connectivity index (χ4v) is 3.22. The van der Waals surface area contributed by atoms with Gasteiger partial charge in [0.15, 0.2) is 0 Å². The SMILES string of the molecule is CCC(CC)N(CC(C)C)C1CCC1CNC. The summed E-state index contributed by atoms with van der Waals surface area (Å²) in [5.41, 5.74) is 0. The summed E-state index contributed by atoms with van der Waals surface area (Å²) in [6, 6.07) is 1.64. The molecular formula is C15H32N2. The Morgan fingerprint density at radius 3 is 2.18 bits per heavy atom. The van der Waals surface area contributed by atoms with E-state index in [-0.39, 0.29) is 0 Å². The van der Waals surface area contributed by atoms with Gasteiger partial charge in [0.05, 0.1) is 0 Å². The maximum absolute atomic E-state index is 3.36. The van der Waals surface area contributed by atoms with E-state index in [1.165, 1.54) is 38.8 Å². The fraction of sp³-hybridized carbons (Fsp3) is 1.00. The molecule has 0 spiro atoms. The highest BCUT2D eigenvalue weighted by Gasteiger charge is 2.37. The van der Waals surface area contributed by atoms with Crippen molar-refractivity contribution in [3.8, 4) is 0 Å². The van der Waals surface area contributed by atoms with Crippen LogP contribution in [0.5, 0.6) is 0 Å². The molecule has 0 aromatic heterocycles. The average molecular weight is 240 g/mol. The molecule has 1 rings (SSSR count). The largest absolute Gasteiger partial charge is 0.319 e. The van der Waals surface area contributed by atoms with Gasteiger partial charge in [0.25, 0.3) is 0 Å². The molecule has 17 heavy (non-hydrogen) atoms. The van der Waals surface area contributed by atoms with E-state index in [1.54, 1.807) is 0 Å². The maximum atomic E-state index is 3.36. The molecule has 1 aliphatic rings. The third-order valence-electron chi connectivity index (χ3n) is 4.26. The van der Waals surface area contributed by atoms with Gasteiger partial charge < -0.3 is 5.32 Å². The molecular weight excluding hydrogens is 208 g/mol. The van der Waals surface area contributed by atoms with Crippen molar-refractivity contribution in [1.82, 2.24) is 10.2 Å². The third-order valence-corrected chi connectivity index (χ3v) is 4.26. The van der Waals surface area contributed by atoms with Gasteiger partial charge in [0.2, 0.25) is 0 Å². The predicted octanol–water partition coefficient (Wildman–Crippen LogP) is 3.13. The molecule has 0 aromatic carbocycles. The monoisotopic (exact) mass is 240 g/mol. The Hall–Kier alpha value is -0.0800. The summed E-state index contributed by atoms with van der Waals surface area (Å²) < 4.78 is 0. The lowest BCUT2D eigenvalue weighted by atomic mass is 9.77. The van der Waals surface area contributed by atoms with Gasteiger partial charge in [-0.05, 0) is 51.1 Å². The highest BCUT2D eigenvalue weighted by molar-refractivity contribution is 4.92. The summed E-state index contributed by atoms with van der Waals surface area (Å²) in [7, 11) is 2.08. The second kappa shape index (κ2) is 7.38. The molecule has 1 N–H and O–H groups in total. The molecule has 1 aliphatic carbocycles. The smallest absolute Gasteiger partial charge is 0.0139 e. The van der Waals surface area contributed by atoms with Crippen LogP contribution >= 0.6 is 0 Å². The number of hydrogen-bond donors (Lipinski definition) is 1. The topological polar surface area (TPSA) is 15.3 Å². The van der Waals surface area contributed by atoms with Gasteiger partial charge in [-0.3, -0.25) is 4.90 Å². The second-order valence-corrected chi connectivity index (χ2v) is 6.02. The van der Waals surface area contributed by atoms with Crippen LogP contribution in [0.15, 0.2) is 0 Å². The standard InChI is InChI=1S/C15H32N2/c1-6-14(7-2)17(11-12(3)4)15-9-8-13(15)10-16-5/h12-16H,6-11H2,1-5H3. The first kappa shape index (κ1) is 15.0. The number of nitrogens with zero attached hydrogens (tertiary/aromatic N) is 1. The first-order valence-corrected chi connectivity index (χ1v) is 7.54. The minimum atomic E-state index is 0.784. The van der Waals surface area contributed by atoms with Crippen LogP contribution in [-0.2, 0) is 0 Å². The van der Waals surface area contributed by atoms with Crippen LogP contribution in [0.2, 0.25) is 0 Å². The minimum absolute atomic E-state index is 0.784. The molecule has 1 fully saturated rings. The van der Waals surface area contributed by atoms with Gasteiger partial charge >= 0.3 is 0 Å². The highest BCUT2D eigenvalue weighted by Crippen LogP contribution is 2.34. The molecule has 0 aromatic rings. The Morgan fingerprint density at radius 2 is 1.82 bits per heavy atom. The summed E-state index contributed by atoms with van der Waals surface area (Å²) >= 11 is 0. The van der Waals surface area contributed by atoms with Crippen molar-refractivity contribution in [3.63, 3.8) is 0 Å². The molecule has 0 radical (unpaired) electrons. The first-order chi connectivity index (χ1) is 8.13. The van der Waals surface area contributed by atoms with E-state index in [9.17, 15) is 0 Å². The highest BCUT2D eigenvalue weighted by atomic mass is 15.2. The molecule has 2 unspecified atom stereocenters. The van der Waals surface area contributed by atoms with Gasteiger partial charge in [-0.25, -0.2) is 0 Å². The molecule has 2 atom stereocenters. The number of nitrogens with one attached hydrogen (secondary N) is 1. The van der Waals surface area contributed by atoms with E-state index in [1.807, 2.05) is 0 Å². The molecule has 102 valence electrons. The Bertz CT molecular complexity index is 199. The Morgan fingerprint density at radius 1 is 1.18 bits per heavy atom. The molecule has 0 bridgehead atoms. The summed E-state index contributed by atoms with van der Waals surface area (Å²) in [4.78, 5) is 2.82. The summed E-state index contributed by atoms with van der Waals surface area (Å²) in [5, 5.41) is 3.36. The van der Waals surface area contributed by atoms with Crippen molar-refractivity contribution >= 4 is 0 Å². The van der Waals surface area contributed by atoms with Crippen LogP contribution in [0.25, 0.3) is 0 Å². The Labute approximate surface area is 108 Å². The van der Waals surface area contributed by atoms with E-state index in [0.29, 0.717) is 0 Å². The second-order valence-electron chi connectivity index (χ2n) is 6.02. The molecule has 2 heteroatoms. The van der Waals surface area contributed by atoms with E-state index in [2.05, 4.69) is 45.0 Å². The lowest BCUT2D eigenvalue weighted by molar-refractivity contribution is 0.0160. The van der Waals surface area contributed by atoms with Crippen molar-refractivity contribution in [2.45, 2.75) is 65.5 Å². The molecule has 1 saturated carbocycles. The van der Waals surface area contributed by atoms with E-state index in [0.717, 1.165) is 23.9 Å². The van der Waals surface area contributed by atoms with Crippen molar-refractivity contribution in [2.75, 3.05) is 20.1 Å². The van der Waals surface area contributed by atoms with Gasteiger partial charge in [0.1, 0.15) is 0 Å². The van der Waals surface area contributed by atoms with E-state index in [4.69, 9.17) is 0 Å². The van der Waals surface area contributed by atoms with Crippen LogP contribution in [0.4, 0.5) is 0 Å². The van der Waals surface area contributed by atoms with Gasteiger partial charge in [-0.15, -0.1) is 0 Å². The maximum Gasteiger partial charge on any atom is 0.0139 e. The number of rotatable bonds is 8. The zero-order valence-electron chi connectivity index (χ0n) is 12.5. The van der Waals surface area contributed by atoms with Crippen LogP contribution in [0.3, 0.4) is 0 Å². The Balaban J connectivity index is 2.61. The third kappa shape index (κ3) is 3.96. The predicted molar refractivity (Wildman–Crippen MR) is 76.4 cm³/mol. The van der Waals surface area contributed by atoms with Crippen LogP contribution in [0.1, 0.15) is 53.4 Å². The molecule has 0 amide bonds. The van der Waals surface area contributed by atoms with Gasteiger partial charge in [-0.2, -0.15) is 0 Å². The molecule has 2 nitrogen and oxygen atoms in total. The van der Waals surface area contributed by atoms with E-state index < -0.39 is 0 Å². The Kier molecular flexibility index (Phi) is 6.50. The molecule has 0 aliphatic heterocycles. The van der Waals surface area contributed by atoms with Gasteiger partial charge in [-0.1, -0.05) is 27.7 Å². The first-order valence-electron chi connectivity index (χ1n) is 7.54. The van der Waals surface area contributed by atoms with Crippen molar-refractivity contribution in [2.24, 2.45) is 11.8 Å². The fourth-order valence-electron chi connectivity index (χ4n) is 3.22. The van der Waals surface area contributed by atoms with Crippen molar-refractivity contribution in [3.05, 3.63) is 0 Å². The summed E-state index contributed by atoms with van der Waals surface area (Å²) in [6.07, 6.45) is 5.42. The quantitative estimate of drug-likeness (QED) is 0.701. The number of hydrogen-bond acceptors (Lipinski definition) is 2. The van der Waals surface area contributed by atoms with Crippen LogP contribution in [0, 0.1) is 11.8 Å².